The SMILES string of the molecule is CC(CCC(=O)OC(=O)C(C)(C)C)c1ccccc1. The average molecular weight is 262 g/mol. The first-order chi connectivity index (χ1) is 8.80. The van der Waals surface area contributed by atoms with Gasteiger partial charge >= 0.3 is 11.9 Å². The van der Waals surface area contributed by atoms with Crippen molar-refractivity contribution in [3.05, 3.63) is 35.9 Å². The number of hydrogen-bond donors (Lipinski definition) is 0. The Balaban J connectivity index is 2.41. The molecule has 19 heavy (non-hydrogen) atoms. The molecule has 1 aromatic rings. The summed E-state index contributed by atoms with van der Waals surface area (Å²) in [5.41, 5.74) is 0.554. The molecular weight excluding hydrogens is 240 g/mol. The Morgan fingerprint density at radius 2 is 1.74 bits per heavy atom. The Morgan fingerprint density at radius 3 is 2.26 bits per heavy atom. The fourth-order valence-corrected chi connectivity index (χ4v) is 1.59. The van der Waals surface area contributed by atoms with Crippen LogP contribution in [0.5, 0.6) is 0 Å². The molecule has 0 heterocycles. The van der Waals surface area contributed by atoms with Gasteiger partial charge in [0, 0.05) is 6.42 Å². The predicted molar refractivity (Wildman–Crippen MR) is 74.6 cm³/mol. The third-order valence-electron chi connectivity index (χ3n) is 2.97. The van der Waals surface area contributed by atoms with Crippen LogP contribution in [0, 0.1) is 5.41 Å². The number of ether oxygens (including phenoxy) is 1. The van der Waals surface area contributed by atoms with Gasteiger partial charge in [0.1, 0.15) is 0 Å². The molecule has 0 radical (unpaired) electrons. The minimum atomic E-state index is -0.638. The summed E-state index contributed by atoms with van der Waals surface area (Å²) >= 11 is 0. The van der Waals surface area contributed by atoms with E-state index in [1.807, 2.05) is 30.3 Å². The second kappa shape index (κ2) is 6.50. The van der Waals surface area contributed by atoms with Crippen LogP contribution in [0.1, 0.15) is 52.0 Å². The lowest BCUT2D eigenvalue weighted by atomic mass is 9.96. The molecular formula is C16H22O3. The zero-order valence-corrected chi connectivity index (χ0v) is 12.1. The minimum Gasteiger partial charge on any atom is -0.393 e. The van der Waals surface area contributed by atoms with E-state index in [2.05, 4.69) is 6.92 Å². The van der Waals surface area contributed by atoms with Gasteiger partial charge in [-0.2, -0.15) is 0 Å². The molecule has 0 amide bonds. The van der Waals surface area contributed by atoms with Crippen molar-refractivity contribution < 1.29 is 14.3 Å². The molecule has 1 unspecified atom stereocenters. The van der Waals surface area contributed by atoms with Crippen LogP contribution in [0.2, 0.25) is 0 Å². The quantitative estimate of drug-likeness (QED) is 0.614. The van der Waals surface area contributed by atoms with Crippen LogP contribution in [-0.2, 0) is 14.3 Å². The second-order valence-corrected chi connectivity index (χ2v) is 5.86. The monoisotopic (exact) mass is 262 g/mol. The van der Waals surface area contributed by atoms with E-state index in [1.54, 1.807) is 20.8 Å². The molecule has 3 nitrogen and oxygen atoms in total. The summed E-state index contributed by atoms with van der Waals surface area (Å²) in [5.74, 6) is -0.633. The van der Waals surface area contributed by atoms with E-state index in [4.69, 9.17) is 4.74 Å². The van der Waals surface area contributed by atoms with Gasteiger partial charge < -0.3 is 4.74 Å². The Morgan fingerprint density at radius 1 is 1.16 bits per heavy atom. The number of hydrogen-bond acceptors (Lipinski definition) is 3. The number of carbonyl (C=O) groups excluding carboxylic acids is 2. The van der Waals surface area contributed by atoms with Crippen molar-refractivity contribution >= 4 is 11.9 Å². The summed E-state index contributed by atoms with van der Waals surface area (Å²) < 4.78 is 4.82. The number of esters is 2. The van der Waals surface area contributed by atoms with E-state index in [1.165, 1.54) is 5.56 Å². The lowest BCUT2D eigenvalue weighted by Crippen LogP contribution is -2.25. The Hall–Kier alpha value is -1.64. The summed E-state index contributed by atoms with van der Waals surface area (Å²) in [6.07, 6.45) is 0.943. The van der Waals surface area contributed by atoms with Crippen molar-refractivity contribution in [1.29, 1.82) is 0 Å². The fraction of sp³-hybridized carbons (Fsp3) is 0.500. The minimum absolute atomic E-state index is 0.262. The van der Waals surface area contributed by atoms with Gasteiger partial charge in [-0.1, -0.05) is 37.3 Å². The van der Waals surface area contributed by atoms with Gasteiger partial charge in [-0.05, 0) is 38.7 Å². The van der Waals surface area contributed by atoms with E-state index >= 15 is 0 Å². The molecule has 0 bridgehead atoms. The van der Waals surface area contributed by atoms with Crippen LogP contribution in [0.25, 0.3) is 0 Å². The van der Waals surface area contributed by atoms with Gasteiger partial charge in [0.25, 0.3) is 0 Å². The van der Waals surface area contributed by atoms with Crippen LogP contribution in [0.4, 0.5) is 0 Å². The smallest absolute Gasteiger partial charge is 0.318 e. The molecule has 104 valence electrons. The fourth-order valence-electron chi connectivity index (χ4n) is 1.59. The maximum absolute atomic E-state index is 11.6. The van der Waals surface area contributed by atoms with E-state index < -0.39 is 17.4 Å². The summed E-state index contributed by atoms with van der Waals surface area (Å²) in [4.78, 5) is 23.1. The van der Waals surface area contributed by atoms with Crippen molar-refractivity contribution in [3.63, 3.8) is 0 Å². The van der Waals surface area contributed by atoms with Gasteiger partial charge in [0.05, 0.1) is 5.41 Å². The van der Waals surface area contributed by atoms with Crippen molar-refractivity contribution in [3.8, 4) is 0 Å². The van der Waals surface area contributed by atoms with Crippen LogP contribution in [-0.4, -0.2) is 11.9 Å². The molecule has 0 spiro atoms. The van der Waals surface area contributed by atoms with E-state index in [9.17, 15) is 9.59 Å². The Bertz CT molecular complexity index is 429. The van der Waals surface area contributed by atoms with Crippen molar-refractivity contribution in [2.75, 3.05) is 0 Å². The van der Waals surface area contributed by atoms with Gasteiger partial charge in [0.2, 0.25) is 0 Å². The standard InChI is InChI=1S/C16H22O3/c1-12(13-8-6-5-7-9-13)10-11-14(17)19-15(18)16(2,3)4/h5-9,12H,10-11H2,1-4H3. The average Bonchev–Trinajstić information content (AvgIpc) is 2.35. The van der Waals surface area contributed by atoms with Crippen LogP contribution < -0.4 is 0 Å². The highest BCUT2D eigenvalue weighted by Gasteiger charge is 2.25. The van der Waals surface area contributed by atoms with Crippen LogP contribution in [0.15, 0.2) is 30.3 Å². The lowest BCUT2D eigenvalue weighted by molar-refractivity contribution is -0.165. The first-order valence-corrected chi connectivity index (χ1v) is 6.61. The third-order valence-corrected chi connectivity index (χ3v) is 2.97. The first kappa shape index (κ1) is 15.4. The topological polar surface area (TPSA) is 43.4 Å². The van der Waals surface area contributed by atoms with Crippen molar-refractivity contribution in [1.82, 2.24) is 0 Å². The Labute approximate surface area is 115 Å². The normalized spacial score (nSPS) is 12.8. The highest BCUT2D eigenvalue weighted by molar-refractivity contribution is 5.88. The summed E-state index contributed by atoms with van der Waals surface area (Å²) in [5, 5.41) is 0. The highest BCUT2D eigenvalue weighted by atomic mass is 16.6. The van der Waals surface area contributed by atoms with Gasteiger partial charge in [-0.3, -0.25) is 9.59 Å². The van der Waals surface area contributed by atoms with Gasteiger partial charge in [-0.25, -0.2) is 0 Å². The maximum Gasteiger partial charge on any atom is 0.318 e. The molecule has 0 aromatic heterocycles. The molecule has 3 heteroatoms. The van der Waals surface area contributed by atoms with Crippen molar-refractivity contribution in [2.24, 2.45) is 5.41 Å². The molecule has 0 saturated carbocycles. The zero-order chi connectivity index (χ0) is 14.5. The molecule has 0 aliphatic heterocycles. The molecule has 0 aliphatic carbocycles. The number of rotatable bonds is 4. The molecule has 0 saturated heterocycles. The number of carbonyl (C=O) groups is 2. The molecule has 1 atom stereocenters. The largest absolute Gasteiger partial charge is 0.393 e. The van der Waals surface area contributed by atoms with Crippen molar-refractivity contribution in [2.45, 2.75) is 46.5 Å². The molecule has 0 N–H and O–H groups in total. The number of benzene rings is 1. The first-order valence-electron chi connectivity index (χ1n) is 6.61. The Kier molecular flexibility index (Phi) is 5.28. The molecule has 1 rings (SSSR count). The maximum atomic E-state index is 11.6. The van der Waals surface area contributed by atoms with Gasteiger partial charge in [0.15, 0.2) is 0 Å². The predicted octanol–water partition coefficient (Wildman–Crippen LogP) is 3.69. The molecule has 0 fully saturated rings. The summed E-state index contributed by atoms with van der Waals surface area (Å²) in [6.45, 7) is 7.26. The summed E-state index contributed by atoms with van der Waals surface area (Å²) in [6, 6.07) is 10.00. The highest BCUT2D eigenvalue weighted by Crippen LogP contribution is 2.21. The zero-order valence-electron chi connectivity index (χ0n) is 12.1. The third kappa shape index (κ3) is 5.25. The van der Waals surface area contributed by atoms with Crippen LogP contribution >= 0.6 is 0 Å². The molecule has 0 aliphatic rings. The molecule has 1 aromatic carbocycles. The second-order valence-electron chi connectivity index (χ2n) is 5.86. The van der Waals surface area contributed by atoms with Gasteiger partial charge in [-0.15, -0.1) is 0 Å². The summed E-state index contributed by atoms with van der Waals surface area (Å²) in [7, 11) is 0. The van der Waals surface area contributed by atoms with E-state index in [-0.39, 0.29) is 12.3 Å². The van der Waals surface area contributed by atoms with E-state index in [0.29, 0.717) is 6.42 Å². The lowest BCUT2D eigenvalue weighted by Gasteiger charge is -2.16. The van der Waals surface area contributed by atoms with Crippen LogP contribution in [0.3, 0.4) is 0 Å². The van der Waals surface area contributed by atoms with E-state index in [0.717, 1.165) is 0 Å².